The van der Waals surface area contributed by atoms with Crippen LogP contribution in [0.2, 0.25) is 0 Å². The Balaban J connectivity index is 1.84. The van der Waals surface area contributed by atoms with Crippen LogP contribution in [0.15, 0.2) is 28.7 Å². The lowest BCUT2D eigenvalue weighted by Gasteiger charge is -2.35. The third-order valence-electron chi connectivity index (χ3n) is 3.45. The second-order valence-electron chi connectivity index (χ2n) is 5.38. The van der Waals surface area contributed by atoms with Crippen LogP contribution in [-0.2, 0) is 4.74 Å². The van der Waals surface area contributed by atoms with E-state index in [0.29, 0.717) is 0 Å². The van der Waals surface area contributed by atoms with E-state index in [0.717, 1.165) is 36.1 Å². The molecule has 0 radical (unpaired) electrons. The standard InChI is InChI=1S/C15H22BrNO2/c1-11-9-17(10-12(2)19-11)7-6-15(18)13-4-3-5-14(16)8-13/h3-5,8,11-12,15,18H,6-7,9-10H2,1-2H3/t11-,12+,15?. The number of rotatable bonds is 4. The molecule has 1 heterocycles. The molecule has 0 spiro atoms. The largest absolute Gasteiger partial charge is 0.388 e. The summed E-state index contributed by atoms with van der Waals surface area (Å²) in [5, 5.41) is 10.2. The molecule has 0 bridgehead atoms. The lowest BCUT2D eigenvalue weighted by molar-refractivity contribution is -0.0702. The van der Waals surface area contributed by atoms with Crippen molar-refractivity contribution in [1.29, 1.82) is 0 Å². The molecule has 1 aliphatic heterocycles. The van der Waals surface area contributed by atoms with Crippen molar-refractivity contribution in [2.75, 3.05) is 19.6 Å². The van der Waals surface area contributed by atoms with E-state index in [1.54, 1.807) is 0 Å². The molecule has 1 aliphatic rings. The highest BCUT2D eigenvalue weighted by molar-refractivity contribution is 9.10. The average Bonchev–Trinajstić information content (AvgIpc) is 2.35. The summed E-state index contributed by atoms with van der Waals surface area (Å²) in [5.41, 5.74) is 0.976. The molecule has 1 unspecified atom stereocenters. The number of hydrogen-bond acceptors (Lipinski definition) is 3. The second-order valence-corrected chi connectivity index (χ2v) is 6.29. The van der Waals surface area contributed by atoms with Crippen LogP contribution in [0.25, 0.3) is 0 Å². The molecule has 0 amide bonds. The lowest BCUT2D eigenvalue weighted by Crippen LogP contribution is -2.45. The molecule has 3 atom stereocenters. The molecule has 106 valence electrons. The number of halogens is 1. The van der Waals surface area contributed by atoms with E-state index in [1.807, 2.05) is 24.3 Å². The first-order chi connectivity index (χ1) is 9.04. The number of aliphatic hydroxyl groups is 1. The Labute approximate surface area is 123 Å². The van der Waals surface area contributed by atoms with Crippen LogP contribution < -0.4 is 0 Å². The molecule has 1 fully saturated rings. The van der Waals surface area contributed by atoms with Crippen molar-refractivity contribution in [2.24, 2.45) is 0 Å². The van der Waals surface area contributed by atoms with Gasteiger partial charge >= 0.3 is 0 Å². The third kappa shape index (κ3) is 4.56. The minimum atomic E-state index is -0.397. The zero-order valence-corrected chi connectivity index (χ0v) is 13.1. The van der Waals surface area contributed by atoms with Gasteiger partial charge in [0, 0.05) is 24.1 Å². The van der Waals surface area contributed by atoms with Crippen LogP contribution in [0.1, 0.15) is 31.9 Å². The van der Waals surface area contributed by atoms with E-state index in [-0.39, 0.29) is 12.2 Å². The highest BCUT2D eigenvalue weighted by Gasteiger charge is 2.22. The first kappa shape index (κ1) is 15.0. The van der Waals surface area contributed by atoms with E-state index in [1.165, 1.54) is 0 Å². The molecule has 1 saturated heterocycles. The van der Waals surface area contributed by atoms with Crippen LogP contribution >= 0.6 is 15.9 Å². The molecule has 0 aromatic heterocycles. The molecule has 1 aromatic carbocycles. The Morgan fingerprint density at radius 3 is 2.68 bits per heavy atom. The zero-order valence-electron chi connectivity index (χ0n) is 11.6. The monoisotopic (exact) mass is 327 g/mol. The molecule has 2 rings (SSSR count). The molecular formula is C15H22BrNO2. The number of nitrogens with zero attached hydrogens (tertiary/aromatic N) is 1. The van der Waals surface area contributed by atoms with E-state index in [4.69, 9.17) is 4.74 Å². The Morgan fingerprint density at radius 1 is 1.37 bits per heavy atom. The van der Waals surface area contributed by atoms with Crippen LogP contribution in [0, 0.1) is 0 Å². The van der Waals surface area contributed by atoms with Gasteiger partial charge in [0.25, 0.3) is 0 Å². The van der Waals surface area contributed by atoms with Crippen molar-refractivity contribution >= 4 is 15.9 Å². The predicted octanol–water partition coefficient (Wildman–Crippen LogP) is 2.98. The molecule has 3 nitrogen and oxygen atoms in total. The van der Waals surface area contributed by atoms with Gasteiger partial charge in [0.15, 0.2) is 0 Å². The van der Waals surface area contributed by atoms with Crippen LogP contribution in [0.5, 0.6) is 0 Å². The van der Waals surface area contributed by atoms with E-state index in [2.05, 4.69) is 34.7 Å². The van der Waals surface area contributed by atoms with Crippen molar-refractivity contribution in [2.45, 2.75) is 38.6 Å². The van der Waals surface area contributed by atoms with Crippen LogP contribution in [-0.4, -0.2) is 41.8 Å². The lowest BCUT2D eigenvalue weighted by atomic mass is 10.1. The quantitative estimate of drug-likeness (QED) is 0.922. The highest BCUT2D eigenvalue weighted by atomic mass is 79.9. The fraction of sp³-hybridized carbons (Fsp3) is 0.600. The van der Waals surface area contributed by atoms with Crippen molar-refractivity contribution in [3.63, 3.8) is 0 Å². The fourth-order valence-corrected chi connectivity index (χ4v) is 3.07. The Bertz CT molecular complexity index is 403. The number of hydrogen-bond donors (Lipinski definition) is 1. The van der Waals surface area contributed by atoms with Gasteiger partial charge in [-0.25, -0.2) is 0 Å². The SMILES string of the molecule is C[C@@H]1CN(CCC(O)c2cccc(Br)c2)C[C@H](C)O1. The van der Waals surface area contributed by atoms with Gasteiger partial charge < -0.3 is 9.84 Å². The van der Waals surface area contributed by atoms with Crippen molar-refractivity contribution in [1.82, 2.24) is 4.90 Å². The van der Waals surface area contributed by atoms with E-state index < -0.39 is 6.10 Å². The van der Waals surface area contributed by atoms with Gasteiger partial charge in [0.2, 0.25) is 0 Å². The van der Waals surface area contributed by atoms with Crippen molar-refractivity contribution < 1.29 is 9.84 Å². The molecule has 1 aromatic rings. The maximum atomic E-state index is 10.2. The van der Waals surface area contributed by atoms with Crippen molar-refractivity contribution in [3.05, 3.63) is 34.3 Å². The van der Waals surface area contributed by atoms with Gasteiger partial charge in [-0.3, -0.25) is 4.90 Å². The summed E-state index contributed by atoms with van der Waals surface area (Å²) in [7, 11) is 0. The summed E-state index contributed by atoms with van der Waals surface area (Å²) in [6.07, 6.45) is 0.931. The summed E-state index contributed by atoms with van der Waals surface area (Å²) >= 11 is 3.44. The zero-order chi connectivity index (χ0) is 13.8. The van der Waals surface area contributed by atoms with Crippen LogP contribution in [0.4, 0.5) is 0 Å². The number of aliphatic hydroxyl groups excluding tert-OH is 1. The highest BCUT2D eigenvalue weighted by Crippen LogP contribution is 2.21. The Hall–Kier alpha value is -0.420. The summed E-state index contributed by atoms with van der Waals surface area (Å²) in [4.78, 5) is 2.38. The maximum absolute atomic E-state index is 10.2. The topological polar surface area (TPSA) is 32.7 Å². The Kier molecular flexibility index (Phi) is 5.39. The third-order valence-corrected chi connectivity index (χ3v) is 3.94. The predicted molar refractivity (Wildman–Crippen MR) is 80.2 cm³/mol. The van der Waals surface area contributed by atoms with Gasteiger partial charge in [-0.2, -0.15) is 0 Å². The van der Waals surface area contributed by atoms with E-state index >= 15 is 0 Å². The number of morpholine rings is 1. The summed E-state index contributed by atoms with van der Waals surface area (Å²) < 4.78 is 6.72. The minimum Gasteiger partial charge on any atom is -0.388 e. The fourth-order valence-electron chi connectivity index (χ4n) is 2.65. The molecule has 0 aliphatic carbocycles. The van der Waals surface area contributed by atoms with Gasteiger partial charge in [0.1, 0.15) is 0 Å². The first-order valence-electron chi connectivity index (χ1n) is 6.86. The van der Waals surface area contributed by atoms with Gasteiger partial charge in [-0.1, -0.05) is 28.1 Å². The van der Waals surface area contributed by atoms with Gasteiger partial charge in [-0.15, -0.1) is 0 Å². The first-order valence-corrected chi connectivity index (χ1v) is 7.65. The van der Waals surface area contributed by atoms with E-state index in [9.17, 15) is 5.11 Å². The number of ether oxygens (including phenoxy) is 1. The van der Waals surface area contributed by atoms with Crippen molar-refractivity contribution in [3.8, 4) is 0 Å². The average molecular weight is 328 g/mol. The summed E-state index contributed by atoms with van der Waals surface area (Å²) in [5.74, 6) is 0. The second kappa shape index (κ2) is 6.84. The molecule has 4 heteroatoms. The smallest absolute Gasteiger partial charge is 0.0802 e. The molecular weight excluding hydrogens is 306 g/mol. The normalized spacial score (nSPS) is 26.3. The van der Waals surface area contributed by atoms with Gasteiger partial charge in [-0.05, 0) is 38.0 Å². The van der Waals surface area contributed by atoms with Crippen LogP contribution in [0.3, 0.4) is 0 Å². The minimum absolute atomic E-state index is 0.284. The summed E-state index contributed by atoms with van der Waals surface area (Å²) in [6.45, 7) is 7.03. The Morgan fingerprint density at radius 2 is 2.05 bits per heavy atom. The van der Waals surface area contributed by atoms with Gasteiger partial charge in [0.05, 0.1) is 18.3 Å². The molecule has 19 heavy (non-hydrogen) atoms. The number of benzene rings is 1. The molecule has 1 N–H and O–H groups in total. The maximum Gasteiger partial charge on any atom is 0.0802 e. The summed E-state index contributed by atoms with van der Waals surface area (Å²) in [6, 6.07) is 7.89. The molecule has 0 saturated carbocycles.